The molecule has 1 unspecified atom stereocenters. The Labute approximate surface area is 174 Å². The number of benzene rings is 1. The minimum Gasteiger partial charge on any atom is -0.349 e. The molecule has 5 atom stereocenters. The molecular weight excluding hydrogens is 356 g/mol. The van der Waals surface area contributed by atoms with Gasteiger partial charge < -0.3 is 10.2 Å². The summed E-state index contributed by atoms with van der Waals surface area (Å²) in [4.78, 5) is 15.0. The van der Waals surface area contributed by atoms with Crippen molar-refractivity contribution in [1.82, 2.24) is 10.2 Å². The largest absolute Gasteiger partial charge is 0.349 e. The van der Waals surface area contributed by atoms with E-state index in [0.717, 1.165) is 36.0 Å². The second-order valence-corrected chi connectivity index (χ2v) is 10.7. The normalized spacial score (nSPS) is 38.2. The van der Waals surface area contributed by atoms with Gasteiger partial charge in [0.15, 0.2) is 0 Å². The fraction of sp³-hybridized carbons (Fsp3) is 0.654. The fourth-order valence-corrected chi connectivity index (χ4v) is 7.55. The number of nitrogens with one attached hydrogen (secondary N) is 1. The summed E-state index contributed by atoms with van der Waals surface area (Å²) >= 11 is 0. The molecule has 3 fully saturated rings. The first kappa shape index (κ1) is 18.2. The van der Waals surface area contributed by atoms with Crippen molar-refractivity contribution in [3.05, 3.63) is 47.5 Å². The van der Waals surface area contributed by atoms with Crippen molar-refractivity contribution < 1.29 is 4.79 Å². The fourth-order valence-electron chi connectivity index (χ4n) is 7.55. The van der Waals surface area contributed by atoms with Crippen LogP contribution < -0.4 is 5.32 Å². The topological polar surface area (TPSA) is 32.3 Å². The number of amides is 1. The van der Waals surface area contributed by atoms with Gasteiger partial charge in [-0.25, -0.2) is 0 Å². The first-order valence-electron chi connectivity index (χ1n) is 11.9. The molecule has 3 nitrogen and oxygen atoms in total. The summed E-state index contributed by atoms with van der Waals surface area (Å²) in [6, 6.07) is 9.12. The van der Waals surface area contributed by atoms with Gasteiger partial charge in [0.1, 0.15) is 0 Å². The van der Waals surface area contributed by atoms with E-state index < -0.39 is 0 Å². The van der Waals surface area contributed by atoms with E-state index >= 15 is 0 Å². The van der Waals surface area contributed by atoms with E-state index in [0.29, 0.717) is 6.42 Å². The monoisotopic (exact) mass is 390 g/mol. The van der Waals surface area contributed by atoms with E-state index in [1.165, 1.54) is 56.4 Å². The maximum Gasteiger partial charge on any atom is 0.220 e. The maximum atomic E-state index is 12.3. The molecule has 2 spiro atoms. The van der Waals surface area contributed by atoms with Crippen molar-refractivity contribution in [2.24, 2.45) is 23.2 Å². The highest BCUT2D eigenvalue weighted by molar-refractivity contribution is 5.76. The van der Waals surface area contributed by atoms with E-state index in [9.17, 15) is 4.79 Å². The van der Waals surface area contributed by atoms with Crippen LogP contribution >= 0.6 is 0 Å². The van der Waals surface area contributed by atoms with Crippen LogP contribution in [-0.2, 0) is 10.2 Å². The molecule has 5 aliphatic rings. The lowest BCUT2D eigenvalue weighted by molar-refractivity contribution is -0.121. The zero-order chi connectivity index (χ0) is 19.6. The van der Waals surface area contributed by atoms with Gasteiger partial charge in [0.2, 0.25) is 5.91 Å². The predicted molar refractivity (Wildman–Crippen MR) is 115 cm³/mol. The Balaban J connectivity index is 1.12. The van der Waals surface area contributed by atoms with Gasteiger partial charge in [-0.15, -0.1) is 0 Å². The van der Waals surface area contributed by atoms with Gasteiger partial charge in [-0.3, -0.25) is 4.79 Å². The van der Waals surface area contributed by atoms with Crippen molar-refractivity contribution in [3.63, 3.8) is 0 Å². The second kappa shape index (κ2) is 6.44. The van der Waals surface area contributed by atoms with Crippen LogP contribution in [0.25, 0.3) is 0 Å². The van der Waals surface area contributed by atoms with Gasteiger partial charge in [0.05, 0.1) is 6.04 Å². The Morgan fingerprint density at radius 1 is 1.14 bits per heavy atom. The minimum absolute atomic E-state index is 0.207. The lowest BCUT2D eigenvalue weighted by Crippen LogP contribution is -2.48. The molecule has 1 aromatic rings. The third-order valence-corrected chi connectivity index (χ3v) is 9.16. The molecule has 1 heterocycles. The van der Waals surface area contributed by atoms with Crippen molar-refractivity contribution in [3.8, 4) is 0 Å². The molecule has 1 amide bonds. The first-order chi connectivity index (χ1) is 14.1. The lowest BCUT2D eigenvalue weighted by Gasteiger charge is -2.48. The smallest absolute Gasteiger partial charge is 0.220 e. The van der Waals surface area contributed by atoms with Crippen LogP contribution in [0.4, 0.5) is 0 Å². The van der Waals surface area contributed by atoms with Gasteiger partial charge in [-0.05, 0) is 85.9 Å². The van der Waals surface area contributed by atoms with Crippen LogP contribution in [0.15, 0.2) is 36.4 Å². The van der Waals surface area contributed by atoms with Gasteiger partial charge in [-0.2, -0.15) is 0 Å². The Hall–Kier alpha value is -1.61. The quantitative estimate of drug-likeness (QED) is 0.746. The Morgan fingerprint density at radius 3 is 2.72 bits per heavy atom. The molecule has 1 saturated heterocycles. The van der Waals surface area contributed by atoms with Crippen LogP contribution in [0, 0.1) is 23.2 Å². The van der Waals surface area contributed by atoms with Crippen LogP contribution in [0.1, 0.15) is 69.0 Å². The minimum atomic E-state index is 0.207. The van der Waals surface area contributed by atoms with E-state index in [2.05, 4.69) is 53.6 Å². The molecule has 154 valence electrons. The highest BCUT2D eigenvalue weighted by Gasteiger charge is 2.68. The average Bonchev–Trinajstić information content (AvgIpc) is 3.28. The molecule has 1 N–H and O–H groups in total. The van der Waals surface area contributed by atoms with E-state index in [1.807, 2.05) is 0 Å². The summed E-state index contributed by atoms with van der Waals surface area (Å²) in [6.45, 7) is 5.81. The molecule has 6 rings (SSSR count). The second-order valence-electron chi connectivity index (χ2n) is 10.7. The lowest BCUT2D eigenvalue weighted by atomic mass is 9.62. The number of hydrogen-bond acceptors (Lipinski definition) is 2. The number of carbonyl (C=O) groups is 1. The molecule has 1 aliphatic heterocycles. The standard InChI is InChI=1S/C26H34N2O/c1-2-5-24(29)27-23-16-25(22-7-4-3-6-20(22)23)10-12-28(13-11-25)17-18-14-26-15-19(26)8-9-21(18)26/h3-4,6-9,18-19,21,23H,2,5,10-17H2,1H3,(H,27,29)/t18-,19-,21+,23-,26?/m0/s1. The van der Waals surface area contributed by atoms with E-state index in [1.54, 1.807) is 0 Å². The third kappa shape index (κ3) is 2.69. The Bertz CT molecular complexity index is 852. The third-order valence-electron chi connectivity index (χ3n) is 9.16. The zero-order valence-corrected chi connectivity index (χ0v) is 17.7. The van der Waals surface area contributed by atoms with Gasteiger partial charge in [-0.1, -0.05) is 43.3 Å². The molecule has 0 aromatic heterocycles. The molecule has 0 radical (unpaired) electrons. The van der Waals surface area contributed by atoms with Crippen LogP contribution in [-0.4, -0.2) is 30.4 Å². The number of fused-ring (bicyclic) bond motifs is 2. The predicted octanol–water partition coefficient (Wildman–Crippen LogP) is 4.59. The van der Waals surface area contributed by atoms with Crippen LogP contribution in [0.3, 0.4) is 0 Å². The Kier molecular flexibility index (Phi) is 4.04. The maximum absolute atomic E-state index is 12.3. The molecule has 4 aliphatic carbocycles. The van der Waals surface area contributed by atoms with E-state index in [4.69, 9.17) is 0 Å². The number of likely N-dealkylation sites (tertiary alicyclic amines) is 1. The van der Waals surface area contributed by atoms with Gasteiger partial charge in [0, 0.05) is 18.4 Å². The summed E-state index contributed by atoms with van der Waals surface area (Å²) in [5, 5.41) is 3.34. The highest BCUT2D eigenvalue weighted by Crippen LogP contribution is 2.75. The number of carbonyl (C=O) groups excluding carboxylic acids is 1. The summed E-state index contributed by atoms with van der Waals surface area (Å²) < 4.78 is 0. The highest BCUT2D eigenvalue weighted by atomic mass is 16.1. The number of rotatable bonds is 5. The number of allylic oxidation sites excluding steroid dienone is 2. The zero-order valence-electron chi connectivity index (χ0n) is 17.7. The van der Waals surface area contributed by atoms with Crippen LogP contribution in [0.2, 0.25) is 0 Å². The summed E-state index contributed by atoms with van der Waals surface area (Å²) in [5.41, 5.74) is 3.91. The molecule has 1 aromatic carbocycles. The van der Waals surface area contributed by atoms with Crippen molar-refractivity contribution in [2.45, 2.75) is 63.3 Å². The van der Waals surface area contributed by atoms with Crippen molar-refractivity contribution in [2.75, 3.05) is 19.6 Å². The first-order valence-corrected chi connectivity index (χ1v) is 11.9. The van der Waals surface area contributed by atoms with Crippen LogP contribution in [0.5, 0.6) is 0 Å². The molecule has 2 saturated carbocycles. The van der Waals surface area contributed by atoms with E-state index in [-0.39, 0.29) is 17.4 Å². The van der Waals surface area contributed by atoms with Gasteiger partial charge in [0.25, 0.3) is 0 Å². The van der Waals surface area contributed by atoms with Crippen molar-refractivity contribution in [1.29, 1.82) is 0 Å². The average molecular weight is 391 g/mol. The van der Waals surface area contributed by atoms with Crippen molar-refractivity contribution >= 4 is 5.91 Å². The molecule has 3 heteroatoms. The summed E-state index contributed by atoms with van der Waals surface area (Å²) in [6.07, 6.45) is 13.1. The molecule has 0 bridgehead atoms. The summed E-state index contributed by atoms with van der Waals surface area (Å²) in [7, 11) is 0. The molecular formula is C26H34N2O. The molecule has 29 heavy (non-hydrogen) atoms. The Morgan fingerprint density at radius 2 is 1.97 bits per heavy atom. The SMILES string of the molecule is CCCC(=O)N[C@H]1CC2(CCN(C[C@@H]3CC45C[C@@H]4C=C[C@H]35)CC2)c2ccccc21. The number of piperidine rings is 1. The number of nitrogens with zero attached hydrogens (tertiary/aromatic N) is 1. The number of hydrogen-bond donors (Lipinski definition) is 1. The van der Waals surface area contributed by atoms with Gasteiger partial charge >= 0.3 is 0 Å². The summed E-state index contributed by atoms with van der Waals surface area (Å²) in [5.74, 6) is 2.96.